The van der Waals surface area contributed by atoms with Crippen molar-refractivity contribution in [3.05, 3.63) is 54.2 Å². The quantitative estimate of drug-likeness (QED) is 0.602. The Kier molecular flexibility index (Phi) is 2.22. The largest absolute Gasteiger partial charge is 0.252 e. The molecule has 78 valence electrons. The van der Waals surface area contributed by atoms with Crippen molar-refractivity contribution in [3.8, 4) is 10.4 Å². The van der Waals surface area contributed by atoms with Gasteiger partial charge in [-0.05, 0) is 30.7 Å². The molecule has 0 aliphatic carbocycles. The highest BCUT2D eigenvalue weighted by atomic mass is 32.1. The summed E-state index contributed by atoms with van der Waals surface area (Å²) in [5, 5.41) is 0. The third-order valence-corrected chi connectivity index (χ3v) is 3.71. The molecule has 0 atom stereocenters. The van der Waals surface area contributed by atoms with Crippen LogP contribution in [-0.2, 0) is 0 Å². The molecule has 1 aromatic carbocycles. The Morgan fingerprint density at radius 2 is 1.81 bits per heavy atom. The first-order valence-corrected chi connectivity index (χ1v) is 6.07. The Morgan fingerprint density at radius 1 is 1.00 bits per heavy atom. The lowest BCUT2D eigenvalue weighted by molar-refractivity contribution is 1.26. The van der Waals surface area contributed by atoms with Gasteiger partial charge in [-0.1, -0.05) is 30.3 Å². The molecule has 0 unspecified atom stereocenters. The Hall–Kier alpha value is -1.67. The average Bonchev–Trinajstić information content (AvgIpc) is 2.73. The highest BCUT2D eigenvalue weighted by Gasteiger charge is 2.04. The van der Waals surface area contributed by atoms with E-state index in [-0.39, 0.29) is 0 Å². The van der Waals surface area contributed by atoms with Gasteiger partial charge in [-0.25, -0.2) is 0 Å². The Labute approximate surface area is 98.4 Å². The average molecular weight is 225 g/mol. The van der Waals surface area contributed by atoms with E-state index in [1.165, 1.54) is 15.1 Å². The summed E-state index contributed by atoms with van der Waals surface area (Å²) in [5.74, 6) is 0. The molecule has 0 radical (unpaired) electrons. The topological polar surface area (TPSA) is 12.9 Å². The van der Waals surface area contributed by atoms with Crippen LogP contribution in [0.5, 0.6) is 0 Å². The van der Waals surface area contributed by atoms with Gasteiger partial charge in [0, 0.05) is 10.6 Å². The summed E-state index contributed by atoms with van der Waals surface area (Å²) in [6.45, 7) is 2.03. The number of thiophene rings is 1. The minimum atomic E-state index is 1.07. The van der Waals surface area contributed by atoms with Gasteiger partial charge in [0.2, 0.25) is 0 Å². The predicted molar refractivity (Wildman–Crippen MR) is 69.8 cm³/mol. The number of hydrogen-bond donors (Lipinski definition) is 0. The third kappa shape index (κ3) is 1.61. The van der Waals surface area contributed by atoms with Gasteiger partial charge in [-0.3, -0.25) is 4.98 Å². The van der Waals surface area contributed by atoms with Gasteiger partial charge in [-0.15, -0.1) is 11.3 Å². The lowest BCUT2D eigenvalue weighted by atomic mass is 10.2. The molecule has 0 spiro atoms. The molecular weight excluding hydrogens is 214 g/mol. The summed E-state index contributed by atoms with van der Waals surface area (Å²) in [5.41, 5.74) is 3.44. The second kappa shape index (κ2) is 3.72. The number of rotatable bonds is 1. The summed E-state index contributed by atoms with van der Waals surface area (Å²) >= 11 is 1.80. The zero-order valence-corrected chi connectivity index (χ0v) is 9.79. The fourth-order valence-electron chi connectivity index (χ4n) is 1.77. The minimum absolute atomic E-state index is 1.07. The SMILES string of the molecule is Cc1ccc2sc(-c3ccccc3)cc2n1. The molecule has 0 fully saturated rings. The molecule has 2 aromatic heterocycles. The molecule has 16 heavy (non-hydrogen) atoms. The fourth-order valence-corrected chi connectivity index (χ4v) is 2.78. The van der Waals surface area contributed by atoms with E-state index in [0.717, 1.165) is 11.2 Å². The van der Waals surface area contributed by atoms with Crippen molar-refractivity contribution < 1.29 is 0 Å². The third-order valence-electron chi connectivity index (χ3n) is 2.57. The number of aromatic nitrogens is 1. The van der Waals surface area contributed by atoms with E-state index in [9.17, 15) is 0 Å². The smallest absolute Gasteiger partial charge is 0.0819 e. The highest BCUT2D eigenvalue weighted by molar-refractivity contribution is 7.22. The standard InChI is InChI=1S/C14H11NS/c1-10-7-8-13-12(15-10)9-14(16-13)11-5-3-2-4-6-11/h2-9H,1H3. The first kappa shape index (κ1) is 9.55. The first-order chi connectivity index (χ1) is 7.83. The minimum Gasteiger partial charge on any atom is -0.252 e. The number of aryl methyl sites for hydroxylation is 1. The Bertz CT molecular complexity index is 626. The van der Waals surface area contributed by atoms with Gasteiger partial charge < -0.3 is 0 Å². The molecule has 0 aliphatic rings. The van der Waals surface area contributed by atoms with Crippen molar-refractivity contribution >= 4 is 21.6 Å². The van der Waals surface area contributed by atoms with Crippen LogP contribution in [0.15, 0.2) is 48.5 Å². The Morgan fingerprint density at radius 3 is 2.62 bits per heavy atom. The van der Waals surface area contributed by atoms with Crippen molar-refractivity contribution in [2.45, 2.75) is 6.92 Å². The molecule has 0 aliphatic heterocycles. The van der Waals surface area contributed by atoms with Gasteiger partial charge >= 0.3 is 0 Å². The van der Waals surface area contributed by atoms with Crippen molar-refractivity contribution in [3.63, 3.8) is 0 Å². The maximum absolute atomic E-state index is 4.53. The number of fused-ring (bicyclic) bond motifs is 1. The van der Waals surface area contributed by atoms with E-state index in [0.29, 0.717) is 0 Å². The summed E-state index contributed by atoms with van der Waals surface area (Å²) in [6.07, 6.45) is 0. The van der Waals surface area contributed by atoms with Crippen LogP contribution in [0.25, 0.3) is 20.7 Å². The molecule has 0 bridgehead atoms. The van der Waals surface area contributed by atoms with Crippen LogP contribution in [0.2, 0.25) is 0 Å². The molecule has 0 saturated heterocycles. The highest BCUT2D eigenvalue weighted by Crippen LogP contribution is 2.32. The second-order valence-electron chi connectivity index (χ2n) is 3.81. The summed E-state index contributed by atoms with van der Waals surface area (Å²) in [7, 11) is 0. The van der Waals surface area contributed by atoms with Gasteiger partial charge in [0.1, 0.15) is 0 Å². The maximum atomic E-state index is 4.53. The lowest BCUT2D eigenvalue weighted by Gasteiger charge is -1.93. The molecule has 0 saturated carbocycles. The van der Waals surface area contributed by atoms with E-state index in [2.05, 4.69) is 47.4 Å². The van der Waals surface area contributed by atoms with E-state index in [1.807, 2.05) is 13.0 Å². The zero-order valence-electron chi connectivity index (χ0n) is 8.97. The van der Waals surface area contributed by atoms with Gasteiger partial charge in [0.25, 0.3) is 0 Å². The van der Waals surface area contributed by atoms with Crippen LogP contribution < -0.4 is 0 Å². The van der Waals surface area contributed by atoms with Crippen LogP contribution in [0.3, 0.4) is 0 Å². The van der Waals surface area contributed by atoms with Crippen LogP contribution in [0.1, 0.15) is 5.69 Å². The van der Waals surface area contributed by atoms with Crippen LogP contribution in [-0.4, -0.2) is 4.98 Å². The van der Waals surface area contributed by atoms with Crippen molar-refractivity contribution in [2.24, 2.45) is 0 Å². The van der Waals surface area contributed by atoms with Crippen molar-refractivity contribution in [1.29, 1.82) is 0 Å². The van der Waals surface area contributed by atoms with Crippen molar-refractivity contribution in [1.82, 2.24) is 4.98 Å². The fraction of sp³-hybridized carbons (Fsp3) is 0.0714. The van der Waals surface area contributed by atoms with Crippen molar-refractivity contribution in [2.75, 3.05) is 0 Å². The molecule has 1 nitrogen and oxygen atoms in total. The normalized spacial score (nSPS) is 10.8. The molecule has 3 aromatic rings. The van der Waals surface area contributed by atoms with Gasteiger partial charge in [-0.2, -0.15) is 0 Å². The summed E-state index contributed by atoms with van der Waals surface area (Å²) in [4.78, 5) is 5.82. The molecule has 0 amide bonds. The van der Waals surface area contributed by atoms with Crippen LogP contribution >= 0.6 is 11.3 Å². The van der Waals surface area contributed by atoms with Crippen LogP contribution in [0.4, 0.5) is 0 Å². The van der Waals surface area contributed by atoms with E-state index in [4.69, 9.17) is 0 Å². The molecule has 0 N–H and O–H groups in total. The number of nitrogens with zero attached hydrogens (tertiary/aromatic N) is 1. The number of hydrogen-bond acceptors (Lipinski definition) is 2. The first-order valence-electron chi connectivity index (χ1n) is 5.25. The van der Waals surface area contributed by atoms with Crippen LogP contribution in [0, 0.1) is 6.92 Å². The molecule has 2 heteroatoms. The summed E-state index contributed by atoms with van der Waals surface area (Å²) < 4.78 is 1.25. The molecule has 2 heterocycles. The predicted octanol–water partition coefficient (Wildman–Crippen LogP) is 4.27. The second-order valence-corrected chi connectivity index (χ2v) is 4.90. The monoisotopic (exact) mass is 225 g/mol. The van der Waals surface area contributed by atoms with E-state index < -0.39 is 0 Å². The molecular formula is C14H11NS. The van der Waals surface area contributed by atoms with E-state index >= 15 is 0 Å². The lowest BCUT2D eigenvalue weighted by Crippen LogP contribution is -1.76. The molecule has 3 rings (SSSR count). The summed E-state index contributed by atoms with van der Waals surface area (Å²) in [6, 6.07) is 16.8. The van der Waals surface area contributed by atoms with Gasteiger partial charge in [0.15, 0.2) is 0 Å². The van der Waals surface area contributed by atoms with E-state index in [1.54, 1.807) is 11.3 Å². The Balaban J connectivity index is 2.19. The zero-order chi connectivity index (χ0) is 11.0. The number of benzene rings is 1. The van der Waals surface area contributed by atoms with Gasteiger partial charge in [0.05, 0.1) is 10.2 Å². The maximum Gasteiger partial charge on any atom is 0.0819 e. The number of pyridine rings is 1.